The molecule has 0 saturated heterocycles. The molecule has 0 amide bonds. The van der Waals surface area contributed by atoms with Crippen LogP contribution in [0.2, 0.25) is 0 Å². The first-order valence-electron chi connectivity index (χ1n) is 5.58. The van der Waals surface area contributed by atoms with Crippen molar-refractivity contribution in [3.05, 3.63) is 46.5 Å². The maximum absolute atomic E-state index is 8.98. The summed E-state index contributed by atoms with van der Waals surface area (Å²) in [6, 6.07) is 10.2. The molecule has 0 aliphatic carbocycles. The summed E-state index contributed by atoms with van der Waals surface area (Å²) in [7, 11) is 0. The molecule has 1 aromatic carbocycles. The molecule has 0 aliphatic heterocycles. The molecule has 0 bridgehead atoms. The molecule has 1 rings (SSSR count). The van der Waals surface area contributed by atoms with Gasteiger partial charge in [0.15, 0.2) is 0 Å². The van der Waals surface area contributed by atoms with E-state index in [1.165, 1.54) is 11.1 Å². The Morgan fingerprint density at radius 3 is 2.53 bits per heavy atom. The van der Waals surface area contributed by atoms with Gasteiger partial charge in [0.05, 0.1) is 6.61 Å². The second-order valence-corrected chi connectivity index (χ2v) is 4.50. The number of hydrogen-bond donors (Lipinski definition) is 1. The molecule has 0 aromatic heterocycles. The van der Waals surface area contributed by atoms with Gasteiger partial charge in [-0.2, -0.15) is 0 Å². The molecule has 1 N–H and O–H groups in total. The van der Waals surface area contributed by atoms with Gasteiger partial charge in [-0.15, -0.1) is 0 Å². The number of halogens is 2. The van der Waals surface area contributed by atoms with Crippen LogP contribution in [0.25, 0.3) is 0 Å². The Kier molecular flexibility index (Phi) is 7.29. The van der Waals surface area contributed by atoms with E-state index in [2.05, 4.69) is 17.0 Å². The Bertz CT molecular complexity index is 341. The number of aliphatic hydroxyl groups is 1. The Hall–Kier alpha value is -0.540. The van der Waals surface area contributed by atoms with Gasteiger partial charge in [0.1, 0.15) is 0 Å². The first-order chi connectivity index (χ1) is 8.26. The normalized spacial score (nSPS) is 12.1. The van der Waals surface area contributed by atoms with Gasteiger partial charge in [-0.1, -0.05) is 53.5 Å². The van der Waals surface area contributed by atoms with Gasteiger partial charge in [-0.25, -0.2) is 0 Å². The van der Waals surface area contributed by atoms with Crippen LogP contribution in [0, 0.1) is 0 Å². The standard InChI is InChI=1S/C13H17Cl2NO/c14-10-13(15)11-16(8-9-17)7-6-12-4-2-1-3-5-12/h1-5,10,17H,6-9,11H2/b13-10-. The summed E-state index contributed by atoms with van der Waals surface area (Å²) in [5, 5.41) is 9.57. The summed E-state index contributed by atoms with van der Waals surface area (Å²) in [6.07, 6.45) is 0.938. The summed E-state index contributed by atoms with van der Waals surface area (Å²) in [6.45, 7) is 2.17. The molecule has 1 aromatic rings. The summed E-state index contributed by atoms with van der Waals surface area (Å²) < 4.78 is 0. The highest BCUT2D eigenvalue weighted by atomic mass is 35.5. The third kappa shape index (κ3) is 6.08. The highest BCUT2D eigenvalue weighted by molar-refractivity contribution is 6.36. The highest BCUT2D eigenvalue weighted by Gasteiger charge is 2.06. The van der Waals surface area contributed by atoms with Crippen LogP contribution in [-0.4, -0.2) is 36.2 Å². The molecule has 0 spiro atoms. The summed E-state index contributed by atoms with van der Waals surface area (Å²) >= 11 is 11.4. The summed E-state index contributed by atoms with van der Waals surface area (Å²) in [4.78, 5) is 2.08. The molecular weight excluding hydrogens is 257 g/mol. The maximum Gasteiger partial charge on any atom is 0.0558 e. The van der Waals surface area contributed by atoms with Crippen molar-refractivity contribution >= 4 is 23.2 Å². The van der Waals surface area contributed by atoms with Crippen molar-refractivity contribution in [3.8, 4) is 0 Å². The number of rotatable bonds is 7. The Morgan fingerprint density at radius 1 is 1.24 bits per heavy atom. The maximum atomic E-state index is 8.98. The lowest BCUT2D eigenvalue weighted by atomic mass is 10.1. The third-order valence-corrected chi connectivity index (χ3v) is 3.07. The zero-order valence-corrected chi connectivity index (χ0v) is 11.2. The van der Waals surface area contributed by atoms with E-state index in [1.807, 2.05) is 18.2 Å². The van der Waals surface area contributed by atoms with Crippen molar-refractivity contribution in [2.75, 3.05) is 26.2 Å². The van der Waals surface area contributed by atoms with Crippen molar-refractivity contribution in [1.82, 2.24) is 4.90 Å². The smallest absolute Gasteiger partial charge is 0.0558 e. The lowest BCUT2D eigenvalue weighted by Gasteiger charge is -2.20. The van der Waals surface area contributed by atoms with Crippen molar-refractivity contribution in [2.45, 2.75) is 6.42 Å². The lowest BCUT2D eigenvalue weighted by Crippen LogP contribution is -2.30. The molecule has 0 fully saturated rings. The first kappa shape index (κ1) is 14.5. The minimum Gasteiger partial charge on any atom is -0.395 e. The fourth-order valence-electron chi connectivity index (χ4n) is 1.59. The summed E-state index contributed by atoms with van der Waals surface area (Å²) in [5.74, 6) is 0. The molecular formula is C13H17Cl2NO. The molecule has 0 aliphatic rings. The van der Waals surface area contributed by atoms with E-state index in [9.17, 15) is 0 Å². The number of aliphatic hydroxyl groups excluding tert-OH is 1. The zero-order chi connectivity index (χ0) is 12.5. The minimum absolute atomic E-state index is 0.126. The monoisotopic (exact) mass is 273 g/mol. The molecule has 0 radical (unpaired) electrons. The molecule has 2 nitrogen and oxygen atoms in total. The number of benzene rings is 1. The van der Waals surface area contributed by atoms with Gasteiger partial charge < -0.3 is 5.11 Å². The second kappa shape index (κ2) is 8.54. The van der Waals surface area contributed by atoms with E-state index in [0.717, 1.165) is 13.0 Å². The van der Waals surface area contributed by atoms with E-state index in [0.29, 0.717) is 18.1 Å². The van der Waals surface area contributed by atoms with Gasteiger partial charge in [-0.3, -0.25) is 4.90 Å². The average Bonchev–Trinajstić information content (AvgIpc) is 2.37. The Morgan fingerprint density at radius 2 is 1.94 bits per heavy atom. The highest BCUT2D eigenvalue weighted by Crippen LogP contribution is 2.08. The predicted octanol–water partition coefficient (Wildman–Crippen LogP) is 2.84. The van der Waals surface area contributed by atoms with Gasteiger partial charge in [0.25, 0.3) is 0 Å². The van der Waals surface area contributed by atoms with E-state index in [1.54, 1.807) is 0 Å². The average molecular weight is 274 g/mol. The van der Waals surface area contributed by atoms with E-state index in [4.69, 9.17) is 28.3 Å². The molecule has 94 valence electrons. The SMILES string of the molecule is OCCN(CCc1ccccc1)C/C(Cl)=C/Cl. The molecule has 0 heterocycles. The van der Waals surface area contributed by atoms with E-state index >= 15 is 0 Å². The molecule has 4 heteroatoms. The van der Waals surface area contributed by atoms with Crippen LogP contribution in [-0.2, 0) is 6.42 Å². The topological polar surface area (TPSA) is 23.5 Å². The first-order valence-corrected chi connectivity index (χ1v) is 6.39. The molecule has 0 atom stereocenters. The lowest BCUT2D eigenvalue weighted by molar-refractivity contribution is 0.209. The van der Waals surface area contributed by atoms with Crippen molar-refractivity contribution in [2.24, 2.45) is 0 Å². The van der Waals surface area contributed by atoms with Crippen LogP contribution in [0.4, 0.5) is 0 Å². The van der Waals surface area contributed by atoms with Crippen molar-refractivity contribution < 1.29 is 5.11 Å². The molecule has 0 unspecified atom stereocenters. The molecule has 0 saturated carbocycles. The molecule has 17 heavy (non-hydrogen) atoms. The third-order valence-electron chi connectivity index (χ3n) is 2.47. The van der Waals surface area contributed by atoms with Crippen LogP contribution in [0.3, 0.4) is 0 Å². The number of nitrogens with zero attached hydrogens (tertiary/aromatic N) is 1. The van der Waals surface area contributed by atoms with Crippen LogP contribution >= 0.6 is 23.2 Å². The Balaban J connectivity index is 2.44. The largest absolute Gasteiger partial charge is 0.395 e. The Labute approximate surface area is 112 Å². The van der Waals surface area contributed by atoms with Gasteiger partial charge in [0, 0.05) is 30.2 Å². The van der Waals surface area contributed by atoms with Crippen LogP contribution in [0.1, 0.15) is 5.56 Å². The van der Waals surface area contributed by atoms with Crippen molar-refractivity contribution in [3.63, 3.8) is 0 Å². The van der Waals surface area contributed by atoms with Gasteiger partial charge >= 0.3 is 0 Å². The van der Waals surface area contributed by atoms with E-state index in [-0.39, 0.29) is 6.61 Å². The van der Waals surface area contributed by atoms with Gasteiger partial charge in [0.2, 0.25) is 0 Å². The van der Waals surface area contributed by atoms with E-state index < -0.39 is 0 Å². The predicted molar refractivity (Wildman–Crippen MR) is 73.5 cm³/mol. The number of hydrogen-bond acceptors (Lipinski definition) is 2. The van der Waals surface area contributed by atoms with Crippen molar-refractivity contribution in [1.29, 1.82) is 0 Å². The zero-order valence-electron chi connectivity index (χ0n) is 9.65. The van der Waals surface area contributed by atoms with Crippen LogP contribution in [0.5, 0.6) is 0 Å². The second-order valence-electron chi connectivity index (χ2n) is 3.79. The quantitative estimate of drug-likeness (QED) is 0.826. The minimum atomic E-state index is 0.126. The van der Waals surface area contributed by atoms with Crippen LogP contribution in [0.15, 0.2) is 40.9 Å². The van der Waals surface area contributed by atoms with Gasteiger partial charge in [-0.05, 0) is 12.0 Å². The summed E-state index contributed by atoms with van der Waals surface area (Å²) in [5.41, 5.74) is 2.65. The fourth-order valence-corrected chi connectivity index (χ4v) is 1.83. The van der Waals surface area contributed by atoms with Crippen LogP contribution < -0.4 is 0 Å². The fraction of sp³-hybridized carbons (Fsp3) is 0.385.